The summed E-state index contributed by atoms with van der Waals surface area (Å²) in [5.74, 6) is 1.79. The van der Waals surface area contributed by atoms with Gasteiger partial charge in [-0.1, -0.05) is 32.9 Å². The topological polar surface area (TPSA) is 59.8 Å². The summed E-state index contributed by atoms with van der Waals surface area (Å²) < 4.78 is 2.10. The number of carbonyl (C=O) groups is 1. The first-order valence-corrected chi connectivity index (χ1v) is 7.75. The monoisotopic (exact) mass is 298 g/mol. The third-order valence-electron chi connectivity index (χ3n) is 4.11. The Labute approximate surface area is 130 Å². The summed E-state index contributed by atoms with van der Waals surface area (Å²) in [7, 11) is 0. The van der Waals surface area contributed by atoms with Crippen LogP contribution in [0, 0.1) is 0 Å². The molecule has 1 aromatic heterocycles. The van der Waals surface area contributed by atoms with Crippen molar-refractivity contribution < 1.29 is 4.79 Å². The molecule has 0 fully saturated rings. The van der Waals surface area contributed by atoms with E-state index in [9.17, 15) is 4.79 Å². The van der Waals surface area contributed by atoms with Gasteiger partial charge in [0.05, 0.1) is 6.54 Å². The lowest BCUT2D eigenvalue weighted by Gasteiger charge is -2.19. The highest BCUT2D eigenvalue weighted by Crippen LogP contribution is 2.22. The number of fused-ring (bicyclic) bond motifs is 1. The molecule has 0 spiro atoms. The molecule has 0 saturated heterocycles. The van der Waals surface area contributed by atoms with Gasteiger partial charge in [0.2, 0.25) is 0 Å². The first-order chi connectivity index (χ1) is 10.4. The van der Waals surface area contributed by atoms with E-state index in [0.29, 0.717) is 12.1 Å². The van der Waals surface area contributed by atoms with E-state index < -0.39 is 0 Å². The molecule has 2 heterocycles. The number of rotatable bonds is 3. The van der Waals surface area contributed by atoms with Crippen LogP contribution < -0.4 is 5.32 Å². The average molecular weight is 298 g/mol. The van der Waals surface area contributed by atoms with Crippen molar-refractivity contribution in [3.63, 3.8) is 0 Å². The highest BCUT2D eigenvalue weighted by Gasteiger charge is 2.18. The van der Waals surface area contributed by atoms with E-state index in [1.165, 1.54) is 5.56 Å². The fraction of sp³-hybridized carbons (Fsp3) is 0.471. The number of aromatic nitrogens is 3. The van der Waals surface area contributed by atoms with Crippen LogP contribution in [0.5, 0.6) is 0 Å². The fourth-order valence-electron chi connectivity index (χ4n) is 2.72. The Morgan fingerprint density at radius 1 is 1.23 bits per heavy atom. The number of amides is 1. The first-order valence-electron chi connectivity index (χ1n) is 7.75. The molecule has 1 aliphatic heterocycles. The number of nitrogens with one attached hydrogen (secondary N) is 1. The van der Waals surface area contributed by atoms with Gasteiger partial charge in [0.25, 0.3) is 5.91 Å². The lowest BCUT2D eigenvalue weighted by Crippen LogP contribution is -2.24. The van der Waals surface area contributed by atoms with Crippen LogP contribution in [0.4, 0.5) is 0 Å². The summed E-state index contributed by atoms with van der Waals surface area (Å²) in [5.41, 5.74) is 1.99. The summed E-state index contributed by atoms with van der Waals surface area (Å²) >= 11 is 0. The Kier molecular flexibility index (Phi) is 3.72. The number of nitrogens with zero attached hydrogens (tertiary/aromatic N) is 3. The molecule has 0 aliphatic carbocycles. The molecule has 0 bridgehead atoms. The molecule has 5 heteroatoms. The van der Waals surface area contributed by atoms with Gasteiger partial charge in [-0.05, 0) is 29.5 Å². The zero-order valence-corrected chi connectivity index (χ0v) is 13.4. The van der Waals surface area contributed by atoms with Gasteiger partial charge in [0.15, 0.2) is 5.82 Å². The van der Waals surface area contributed by atoms with Crippen molar-refractivity contribution in [3.05, 3.63) is 47.0 Å². The van der Waals surface area contributed by atoms with Crippen LogP contribution >= 0.6 is 0 Å². The maximum absolute atomic E-state index is 12.2. The number of hydrogen-bond acceptors (Lipinski definition) is 3. The molecular formula is C17H22N4O. The lowest BCUT2D eigenvalue weighted by molar-refractivity contribution is 0.0949. The molecule has 2 aromatic rings. The Hall–Kier alpha value is -2.17. The van der Waals surface area contributed by atoms with E-state index in [0.717, 1.165) is 31.0 Å². The molecule has 1 aliphatic rings. The van der Waals surface area contributed by atoms with Gasteiger partial charge in [-0.25, -0.2) is 0 Å². The van der Waals surface area contributed by atoms with Crippen LogP contribution in [0.3, 0.4) is 0 Å². The molecule has 1 amide bonds. The maximum atomic E-state index is 12.2. The average Bonchev–Trinajstić information content (AvgIpc) is 3.07. The van der Waals surface area contributed by atoms with Crippen LogP contribution in [0.2, 0.25) is 0 Å². The van der Waals surface area contributed by atoms with Gasteiger partial charge in [0.1, 0.15) is 5.82 Å². The van der Waals surface area contributed by atoms with Gasteiger partial charge in [0, 0.05) is 18.5 Å². The highest BCUT2D eigenvalue weighted by atomic mass is 16.1. The summed E-state index contributed by atoms with van der Waals surface area (Å²) in [4.78, 5) is 12.2. The molecule has 1 aromatic carbocycles. The van der Waals surface area contributed by atoms with Gasteiger partial charge in [-0.3, -0.25) is 4.79 Å². The molecule has 0 saturated carbocycles. The second kappa shape index (κ2) is 5.55. The van der Waals surface area contributed by atoms with Crippen molar-refractivity contribution >= 4 is 5.91 Å². The Bertz CT molecular complexity index is 680. The van der Waals surface area contributed by atoms with Crippen molar-refractivity contribution in [2.24, 2.45) is 0 Å². The predicted octanol–water partition coefficient (Wildman–Crippen LogP) is 2.45. The van der Waals surface area contributed by atoms with Crippen molar-refractivity contribution in [3.8, 4) is 0 Å². The SMILES string of the molecule is CC(C)(C)c1ccc(C(=O)NCc2nnc3n2CCC3)cc1. The van der Waals surface area contributed by atoms with Crippen LogP contribution in [0.1, 0.15) is 54.8 Å². The molecule has 116 valence electrons. The van der Waals surface area contributed by atoms with Crippen LogP contribution in [-0.4, -0.2) is 20.7 Å². The Morgan fingerprint density at radius 3 is 2.64 bits per heavy atom. The first kappa shape index (κ1) is 14.8. The Morgan fingerprint density at radius 2 is 1.95 bits per heavy atom. The molecule has 5 nitrogen and oxygen atoms in total. The van der Waals surface area contributed by atoms with E-state index >= 15 is 0 Å². The predicted molar refractivity (Wildman–Crippen MR) is 84.7 cm³/mol. The van der Waals surface area contributed by atoms with Crippen molar-refractivity contribution in [2.75, 3.05) is 0 Å². The number of benzene rings is 1. The largest absolute Gasteiger partial charge is 0.345 e. The van der Waals surface area contributed by atoms with Gasteiger partial charge in [-0.15, -0.1) is 10.2 Å². The van der Waals surface area contributed by atoms with Crippen LogP contribution in [0.15, 0.2) is 24.3 Å². The van der Waals surface area contributed by atoms with Gasteiger partial charge in [-0.2, -0.15) is 0 Å². The highest BCUT2D eigenvalue weighted by molar-refractivity contribution is 5.94. The molecule has 0 unspecified atom stereocenters. The number of carbonyl (C=O) groups excluding carboxylic acids is 1. The zero-order valence-electron chi connectivity index (χ0n) is 13.4. The third kappa shape index (κ3) is 2.89. The second-order valence-corrected chi connectivity index (χ2v) is 6.80. The smallest absolute Gasteiger partial charge is 0.251 e. The van der Waals surface area contributed by atoms with Crippen molar-refractivity contribution in [1.82, 2.24) is 20.1 Å². The van der Waals surface area contributed by atoms with Crippen LogP contribution in [0.25, 0.3) is 0 Å². The van der Waals surface area contributed by atoms with Gasteiger partial charge >= 0.3 is 0 Å². The minimum atomic E-state index is -0.0733. The minimum Gasteiger partial charge on any atom is -0.345 e. The fourth-order valence-corrected chi connectivity index (χ4v) is 2.72. The van der Waals surface area contributed by atoms with E-state index in [1.54, 1.807) is 0 Å². The normalized spacial score (nSPS) is 14.0. The van der Waals surface area contributed by atoms with Crippen molar-refractivity contribution in [1.29, 1.82) is 0 Å². The minimum absolute atomic E-state index is 0.0733. The van der Waals surface area contributed by atoms with E-state index in [-0.39, 0.29) is 11.3 Å². The zero-order chi connectivity index (χ0) is 15.7. The summed E-state index contributed by atoms with van der Waals surface area (Å²) in [6.45, 7) is 7.86. The lowest BCUT2D eigenvalue weighted by atomic mass is 9.87. The molecule has 0 atom stereocenters. The molecule has 1 N–H and O–H groups in total. The van der Waals surface area contributed by atoms with Gasteiger partial charge < -0.3 is 9.88 Å². The van der Waals surface area contributed by atoms with E-state index in [2.05, 4.69) is 40.9 Å². The quantitative estimate of drug-likeness (QED) is 0.947. The maximum Gasteiger partial charge on any atom is 0.251 e. The summed E-state index contributed by atoms with van der Waals surface area (Å²) in [6, 6.07) is 7.79. The molecule has 3 rings (SSSR count). The van der Waals surface area contributed by atoms with Crippen LogP contribution in [-0.2, 0) is 24.9 Å². The summed E-state index contributed by atoms with van der Waals surface area (Å²) in [5, 5.41) is 11.2. The van der Waals surface area contributed by atoms with E-state index in [4.69, 9.17) is 0 Å². The Balaban J connectivity index is 1.64. The molecule has 0 radical (unpaired) electrons. The molecule has 22 heavy (non-hydrogen) atoms. The number of hydrogen-bond donors (Lipinski definition) is 1. The molecular weight excluding hydrogens is 276 g/mol. The summed E-state index contributed by atoms with van der Waals surface area (Å²) in [6.07, 6.45) is 2.09. The number of aryl methyl sites for hydroxylation is 1. The second-order valence-electron chi connectivity index (χ2n) is 6.80. The standard InChI is InChI=1S/C17H22N4O/c1-17(2,3)13-8-6-12(7-9-13)16(22)18-11-15-20-19-14-5-4-10-21(14)15/h6-9H,4-5,10-11H2,1-3H3,(H,18,22). The van der Waals surface area contributed by atoms with E-state index in [1.807, 2.05) is 24.3 Å². The third-order valence-corrected chi connectivity index (χ3v) is 4.11. The van der Waals surface area contributed by atoms with Crippen molar-refractivity contribution in [2.45, 2.75) is 52.1 Å².